The van der Waals surface area contributed by atoms with E-state index in [9.17, 15) is 0 Å². The molecule has 0 saturated heterocycles. The van der Waals surface area contributed by atoms with Crippen LogP contribution in [-0.2, 0) is 0 Å². The number of hydrogen-bond acceptors (Lipinski definition) is 2. The van der Waals surface area contributed by atoms with Crippen LogP contribution in [0.2, 0.25) is 0 Å². The molecule has 0 heterocycles. The summed E-state index contributed by atoms with van der Waals surface area (Å²) in [5.41, 5.74) is 6.64. The Morgan fingerprint density at radius 2 is 2.09 bits per heavy atom. The summed E-state index contributed by atoms with van der Waals surface area (Å²) < 4.78 is 0. The molecule has 1 atom stereocenters. The van der Waals surface area contributed by atoms with Crippen LogP contribution in [0.4, 0.5) is 0 Å². The van der Waals surface area contributed by atoms with E-state index < -0.39 is 0 Å². The third-order valence-corrected chi connectivity index (χ3v) is 2.16. The zero-order valence-corrected chi connectivity index (χ0v) is 7.93. The fourth-order valence-electron chi connectivity index (χ4n) is 1.02. The number of unbranched alkanes of at least 4 members (excludes halogenated alkanes) is 1. The molecule has 0 amide bonds. The van der Waals surface area contributed by atoms with Gasteiger partial charge in [-0.3, -0.25) is 4.99 Å². The van der Waals surface area contributed by atoms with E-state index in [1.807, 2.05) is 7.05 Å². The summed E-state index contributed by atoms with van der Waals surface area (Å²) in [6.07, 6.45) is 3.59. The second-order valence-corrected chi connectivity index (χ2v) is 3.05. The predicted octanol–water partition coefficient (Wildman–Crippen LogP) is 1.84. The molecule has 0 bridgehead atoms. The monoisotopic (exact) mass is 156 g/mol. The zero-order chi connectivity index (χ0) is 8.69. The molecule has 0 rings (SSSR count). The Kier molecular flexibility index (Phi) is 6.13. The highest BCUT2D eigenvalue weighted by Crippen LogP contribution is 2.08. The minimum absolute atomic E-state index is 0.631. The van der Waals surface area contributed by atoms with Crippen molar-refractivity contribution < 1.29 is 0 Å². The van der Waals surface area contributed by atoms with Crippen molar-refractivity contribution in [3.05, 3.63) is 0 Å². The summed E-state index contributed by atoms with van der Waals surface area (Å²) >= 11 is 0. The molecule has 2 nitrogen and oxygen atoms in total. The lowest BCUT2D eigenvalue weighted by atomic mass is 10.00. The first-order valence-corrected chi connectivity index (χ1v) is 4.35. The quantitative estimate of drug-likeness (QED) is 0.478. The van der Waals surface area contributed by atoms with Crippen LogP contribution in [0, 0.1) is 5.92 Å². The topological polar surface area (TPSA) is 38.4 Å². The van der Waals surface area contributed by atoms with Crippen molar-refractivity contribution in [2.75, 3.05) is 13.6 Å². The molecule has 11 heavy (non-hydrogen) atoms. The molecule has 0 saturated carbocycles. The Morgan fingerprint density at radius 1 is 1.45 bits per heavy atom. The first-order chi connectivity index (χ1) is 5.22. The van der Waals surface area contributed by atoms with Gasteiger partial charge in [0.2, 0.25) is 0 Å². The molecule has 0 aromatic carbocycles. The van der Waals surface area contributed by atoms with Crippen LogP contribution in [0.1, 0.15) is 33.1 Å². The highest BCUT2D eigenvalue weighted by Gasteiger charge is 2.03. The maximum absolute atomic E-state index is 5.39. The molecule has 0 aliphatic rings. The van der Waals surface area contributed by atoms with Gasteiger partial charge in [-0.25, -0.2) is 0 Å². The van der Waals surface area contributed by atoms with Crippen LogP contribution < -0.4 is 5.73 Å². The lowest BCUT2D eigenvalue weighted by Gasteiger charge is -2.09. The van der Waals surface area contributed by atoms with Crippen LogP contribution >= 0.6 is 0 Å². The number of hydrogen-bond donors (Lipinski definition) is 1. The molecule has 2 heteroatoms. The van der Waals surface area contributed by atoms with E-state index in [2.05, 4.69) is 18.8 Å². The van der Waals surface area contributed by atoms with Crippen molar-refractivity contribution in [2.45, 2.75) is 33.1 Å². The molecule has 2 N–H and O–H groups in total. The normalized spacial score (nSPS) is 15.1. The van der Waals surface area contributed by atoms with E-state index in [-0.39, 0.29) is 0 Å². The Balaban J connectivity index is 3.44. The Hall–Kier alpha value is -0.370. The van der Waals surface area contributed by atoms with E-state index in [4.69, 9.17) is 5.73 Å². The second kappa shape index (κ2) is 6.35. The third-order valence-electron chi connectivity index (χ3n) is 2.16. The number of rotatable bonds is 5. The van der Waals surface area contributed by atoms with Crippen molar-refractivity contribution in [1.29, 1.82) is 0 Å². The Morgan fingerprint density at radius 3 is 2.55 bits per heavy atom. The van der Waals surface area contributed by atoms with Gasteiger partial charge in [0.15, 0.2) is 0 Å². The van der Waals surface area contributed by atoms with Crippen molar-refractivity contribution >= 4 is 5.71 Å². The predicted molar refractivity (Wildman–Crippen MR) is 51.1 cm³/mol. The fraction of sp³-hybridized carbons (Fsp3) is 0.889. The molecule has 1 unspecified atom stereocenters. The lowest BCUT2D eigenvalue weighted by molar-refractivity contribution is 0.607. The van der Waals surface area contributed by atoms with Crippen LogP contribution in [-0.4, -0.2) is 19.3 Å². The Labute approximate surface area is 69.9 Å². The molecule has 66 valence electrons. The molecule has 0 aliphatic heterocycles. The molecular weight excluding hydrogens is 136 g/mol. The van der Waals surface area contributed by atoms with Crippen molar-refractivity contribution in [2.24, 2.45) is 16.6 Å². The highest BCUT2D eigenvalue weighted by atomic mass is 14.7. The zero-order valence-electron chi connectivity index (χ0n) is 7.93. The van der Waals surface area contributed by atoms with Gasteiger partial charge in [-0.2, -0.15) is 0 Å². The number of nitrogens with zero attached hydrogens (tertiary/aromatic N) is 1. The first kappa shape index (κ1) is 10.6. The molecule has 0 fully saturated rings. The van der Waals surface area contributed by atoms with Crippen molar-refractivity contribution in [3.8, 4) is 0 Å². The number of aliphatic imine (C=N–C) groups is 1. The van der Waals surface area contributed by atoms with Gasteiger partial charge < -0.3 is 5.73 Å². The van der Waals surface area contributed by atoms with Gasteiger partial charge in [0.1, 0.15) is 0 Å². The van der Waals surface area contributed by atoms with Crippen molar-refractivity contribution in [1.82, 2.24) is 0 Å². The highest BCUT2D eigenvalue weighted by molar-refractivity contribution is 5.83. The third kappa shape index (κ3) is 4.96. The minimum atomic E-state index is 0.631. The SMILES string of the molecule is CN=C(C)C(C)CCCCN. The van der Waals surface area contributed by atoms with Crippen LogP contribution in [0.15, 0.2) is 4.99 Å². The average Bonchev–Trinajstić information content (AvgIpc) is 2.03. The Bertz CT molecular complexity index is 119. The maximum Gasteiger partial charge on any atom is 0.0276 e. The molecule has 0 aromatic heterocycles. The van der Waals surface area contributed by atoms with Gasteiger partial charge in [-0.1, -0.05) is 13.3 Å². The van der Waals surface area contributed by atoms with Crippen LogP contribution in [0.25, 0.3) is 0 Å². The maximum atomic E-state index is 5.39. The molecule has 0 spiro atoms. The van der Waals surface area contributed by atoms with Gasteiger partial charge in [0.05, 0.1) is 0 Å². The smallest absolute Gasteiger partial charge is 0.0276 e. The first-order valence-electron chi connectivity index (χ1n) is 4.35. The lowest BCUT2D eigenvalue weighted by Crippen LogP contribution is -2.07. The van der Waals surface area contributed by atoms with Crippen molar-refractivity contribution in [3.63, 3.8) is 0 Å². The largest absolute Gasteiger partial charge is 0.330 e. The molecule has 0 radical (unpaired) electrons. The summed E-state index contributed by atoms with van der Waals surface area (Å²) in [5, 5.41) is 0. The fourth-order valence-corrected chi connectivity index (χ4v) is 1.02. The molecule has 0 aliphatic carbocycles. The summed E-state index contributed by atoms with van der Waals surface area (Å²) in [6.45, 7) is 5.13. The standard InChI is InChI=1S/C9H20N2/c1-8(9(2)11-3)6-4-5-7-10/h8H,4-7,10H2,1-3H3. The second-order valence-electron chi connectivity index (χ2n) is 3.05. The van der Waals surface area contributed by atoms with Gasteiger partial charge in [-0.15, -0.1) is 0 Å². The van der Waals surface area contributed by atoms with E-state index >= 15 is 0 Å². The van der Waals surface area contributed by atoms with Crippen LogP contribution in [0.5, 0.6) is 0 Å². The summed E-state index contributed by atoms with van der Waals surface area (Å²) in [4.78, 5) is 4.15. The van der Waals surface area contributed by atoms with Gasteiger partial charge in [0.25, 0.3) is 0 Å². The summed E-state index contributed by atoms with van der Waals surface area (Å²) in [5.74, 6) is 0.631. The number of nitrogens with two attached hydrogens (primary N) is 1. The minimum Gasteiger partial charge on any atom is -0.330 e. The van der Waals surface area contributed by atoms with Gasteiger partial charge >= 0.3 is 0 Å². The van der Waals surface area contributed by atoms with Gasteiger partial charge in [-0.05, 0) is 32.2 Å². The van der Waals surface area contributed by atoms with E-state index in [0.29, 0.717) is 5.92 Å². The average molecular weight is 156 g/mol. The van der Waals surface area contributed by atoms with E-state index in [1.165, 1.54) is 18.6 Å². The van der Waals surface area contributed by atoms with E-state index in [1.54, 1.807) is 0 Å². The van der Waals surface area contributed by atoms with Crippen LogP contribution in [0.3, 0.4) is 0 Å². The molecule has 0 aromatic rings. The van der Waals surface area contributed by atoms with E-state index in [0.717, 1.165) is 13.0 Å². The summed E-state index contributed by atoms with van der Waals surface area (Å²) in [6, 6.07) is 0. The molecular formula is C9H20N2. The summed E-state index contributed by atoms with van der Waals surface area (Å²) in [7, 11) is 1.86. The van der Waals surface area contributed by atoms with Gasteiger partial charge in [0, 0.05) is 12.8 Å².